The number of aliphatic hydroxyl groups is 1. The zero-order valence-corrected chi connectivity index (χ0v) is 10.2. The summed E-state index contributed by atoms with van der Waals surface area (Å²) in [5.41, 5.74) is 0.954. The van der Waals surface area contributed by atoms with Gasteiger partial charge in [0.15, 0.2) is 0 Å². The van der Waals surface area contributed by atoms with Gasteiger partial charge in [-0.3, -0.25) is 0 Å². The Balaban J connectivity index is 2.60. The van der Waals surface area contributed by atoms with E-state index >= 15 is 0 Å². The first-order valence-corrected chi connectivity index (χ1v) is 5.79. The number of furan rings is 1. The summed E-state index contributed by atoms with van der Waals surface area (Å²) in [6.45, 7) is 8.19. The Hall–Kier alpha value is -0.760. The van der Waals surface area contributed by atoms with Gasteiger partial charge in [0.1, 0.15) is 11.5 Å². The highest BCUT2D eigenvalue weighted by Gasteiger charge is 2.16. The molecule has 0 aromatic carbocycles. The van der Waals surface area contributed by atoms with Crippen LogP contribution in [-0.4, -0.2) is 5.11 Å². The molecule has 0 aliphatic heterocycles. The molecule has 1 aromatic rings. The van der Waals surface area contributed by atoms with E-state index in [9.17, 15) is 5.11 Å². The summed E-state index contributed by atoms with van der Waals surface area (Å²) in [5, 5.41) is 10.1. The van der Waals surface area contributed by atoms with Crippen molar-refractivity contribution in [1.82, 2.24) is 0 Å². The van der Waals surface area contributed by atoms with E-state index < -0.39 is 0 Å². The third kappa shape index (κ3) is 3.38. The average Bonchev–Trinajstić information content (AvgIpc) is 2.45. The summed E-state index contributed by atoms with van der Waals surface area (Å²) in [6, 6.07) is 1.94. The predicted molar refractivity (Wildman–Crippen MR) is 61.8 cm³/mol. The van der Waals surface area contributed by atoms with Crippen LogP contribution in [0.2, 0.25) is 0 Å². The Bertz CT molecular complexity index is 301. The summed E-state index contributed by atoms with van der Waals surface area (Å²) in [4.78, 5) is 0. The number of aryl methyl sites for hydroxylation is 2. The van der Waals surface area contributed by atoms with Crippen LogP contribution in [0.5, 0.6) is 0 Å². The first-order chi connectivity index (χ1) is 7.04. The normalized spacial score (nSPS) is 15.3. The third-order valence-corrected chi connectivity index (χ3v) is 2.85. The summed E-state index contributed by atoms with van der Waals surface area (Å²) < 4.78 is 5.42. The molecule has 0 radical (unpaired) electrons. The Morgan fingerprint density at radius 3 is 2.53 bits per heavy atom. The minimum atomic E-state index is -0.371. The fraction of sp³-hybridized carbons (Fsp3) is 0.692. The van der Waals surface area contributed by atoms with E-state index in [1.807, 2.05) is 19.9 Å². The molecule has 0 spiro atoms. The molecule has 1 heterocycles. The fourth-order valence-electron chi connectivity index (χ4n) is 2.10. The van der Waals surface area contributed by atoms with Crippen molar-refractivity contribution in [3.05, 3.63) is 23.2 Å². The quantitative estimate of drug-likeness (QED) is 0.802. The molecule has 2 heteroatoms. The number of aliphatic hydroxyl groups excluding tert-OH is 1. The lowest BCUT2D eigenvalue weighted by Gasteiger charge is -2.15. The van der Waals surface area contributed by atoms with Crippen LogP contribution in [0, 0.1) is 19.8 Å². The van der Waals surface area contributed by atoms with Crippen molar-refractivity contribution in [2.24, 2.45) is 5.92 Å². The van der Waals surface area contributed by atoms with Crippen molar-refractivity contribution >= 4 is 0 Å². The minimum Gasteiger partial charge on any atom is -0.466 e. The predicted octanol–water partition coefficient (Wildman–Crippen LogP) is 3.76. The number of rotatable bonds is 5. The molecule has 0 aliphatic rings. The van der Waals surface area contributed by atoms with Gasteiger partial charge in [-0.05, 0) is 32.3 Å². The monoisotopic (exact) mass is 210 g/mol. The van der Waals surface area contributed by atoms with Crippen LogP contribution in [0.15, 0.2) is 10.5 Å². The highest BCUT2D eigenvalue weighted by atomic mass is 16.3. The molecule has 2 unspecified atom stereocenters. The molecule has 2 nitrogen and oxygen atoms in total. The highest BCUT2D eigenvalue weighted by molar-refractivity contribution is 5.22. The zero-order valence-electron chi connectivity index (χ0n) is 10.2. The second kappa shape index (κ2) is 5.36. The van der Waals surface area contributed by atoms with Crippen molar-refractivity contribution in [2.75, 3.05) is 0 Å². The molecule has 0 saturated carbocycles. The molecular formula is C13H22O2. The molecule has 0 saturated heterocycles. The van der Waals surface area contributed by atoms with Crippen LogP contribution in [-0.2, 0) is 0 Å². The summed E-state index contributed by atoms with van der Waals surface area (Å²) in [6.07, 6.45) is 2.81. The standard InChI is InChI=1S/C13H22O2/c1-5-6-9(2)7-13(14)12-8-10(3)15-11(12)4/h8-9,13-14H,5-7H2,1-4H3. The van der Waals surface area contributed by atoms with E-state index in [1.54, 1.807) is 0 Å². The lowest BCUT2D eigenvalue weighted by Crippen LogP contribution is -2.04. The molecule has 0 fully saturated rings. The molecule has 1 aromatic heterocycles. The van der Waals surface area contributed by atoms with Crippen molar-refractivity contribution in [2.45, 2.75) is 53.1 Å². The van der Waals surface area contributed by atoms with E-state index in [0.717, 1.165) is 23.5 Å². The lowest BCUT2D eigenvalue weighted by molar-refractivity contribution is 0.143. The molecule has 1 N–H and O–H groups in total. The number of hydrogen-bond donors (Lipinski definition) is 1. The van der Waals surface area contributed by atoms with Gasteiger partial charge in [0, 0.05) is 5.56 Å². The Morgan fingerprint density at radius 1 is 1.40 bits per heavy atom. The van der Waals surface area contributed by atoms with Crippen LogP contribution in [0.3, 0.4) is 0 Å². The van der Waals surface area contributed by atoms with Crippen LogP contribution >= 0.6 is 0 Å². The molecule has 86 valence electrons. The molecular weight excluding hydrogens is 188 g/mol. The van der Waals surface area contributed by atoms with Crippen molar-refractivity contribution in [3.8, 4) is 0 Å². The molecule has 0 amide bonds. The van der Waals surface area contributed by atoms with Crippen LogP contribution in [0.25, 0.3) is 0 Å². The van der Waals surface area contributed by atoms with Gasteiger partial charge in [-0.25, -0.2) is 0 Å². The molecule has 15 heavy (non-hydrogen) atoms. The maximum absolute atomic E-state index is 10.1. The fourth-order valence-corrected chi connectivity index (χ4v) is 2.10. The number of hydrogen-bond acceptors (Lipinski definition) is 2. The molecule has 1 rings (SSSR count). The Morgan fingerprint density at radius 2 is 2.07 bits per heavy atom. The zero-order chi connectivity index (χ0) is 11.4. The van der Waals surface area contributed by atoms with E-state index in [2.05, 4.69) is 13.8 Å². The molecule has 2 atom stereocenters. The van der Waals surface area contributed by atoms with Gasteiger partial charge in [-0.15, -0.1) is 0 Å². The smallest absolute Gasteiger partial charge is 0.106 e. The lowest BCUT2D eigenvalue weighted by atomic mass is 9.95. The van der Waals surface area contributed by atoms with Gasteiger partial charge < -0.3 is 9.52 Å². The highest BCUT2D eigenvalue weighted by Crippen LogP contribution is 2.27. The van der Waals surface area contributed by atoms with Crippen LogP contribution in [0.4, 0.5) is 0 Å². The molecule has 0 bridgehead atoms. The van der Waals surface area contributed by atoms with E-state index in [1.165, 1.54) is 12.8 Å². The van der Waals surface area contributed by atoms with Crippen LogP contribution < -0.4 is 0 Å². The van der Waals surface area contributed by atoms with Crippen molar-refractivity contribution < 1.29 is 9.52 Å². The summed E-state index contributed by atoms with van der Waals surface area (Å²) in [5.74, 6) is 2.30. The minimum absolute atomic E-state index is 0.371. The van der Waals surface area contributed by atoms with E-state index in [-0.39, 0.29) is 6.10 Å². The first-order valence-electron chi connectivity index (χ1n) is 5.79. The molecule has 0 aliphatic carbocycles. The van der Waals surface area contributed by atoms with Gasteiger partial charge in [0.05, 0.1) is 6.10 Å². The average molecular weight is 210 g/mol. The van der Waals surface area contributed by atoms with Crippen molar-refractivity contribution in [3.63, 3.8) is 0 Å². The van der Waals surface area contributed by atoms with E-state index in [4.69, 9.17) is 4.42 Å². The topological polar surface area (TPSA) is 33.4 Å². The maximum Gasteiger partial charge on any atom is 0.106 e. The van der Waals surface area contributed by atoms with Gasteiger partial charge in [0.2, 0.25) is 0 Å². The summed E-state index contributed by atoms with van der Waals surface area (Å²) in [7, 11) is 0. The van der Waals surface area contributed by atoms with E-state index in [0.29, 0.717) is 5.92 Å². The second-order valence-corrected chi connectivity index (χ2v) is 4.51. The third-order valence-electron chi connectivity index (χ3n) is 2.85. The maximum atomic E-state index is 10.1. The van der Waals surface area contributed by atoms with Crippen molar-refractivity contribution in [1.29, 1.82) is 0 Å². The first kappa shape index (κ1) is 12.3. The van der Waals surface area contributed by atoms with Gasteiger partial charge in [-0.1, -0.05) is 26.7 Å². The van der Waals surface area contributed by atoms with Crippen LogP contribution in [0.1, 0.15) is 56.3 Å². The Labute approximate surface area is 92.3 Å². The summed E-state index contributed by atoms with van der Waals surface area (Å²) >= 11 is 0. The second-order valence-electron chi connectivity index (χ2n) is 4.51. The van der Waals surface area contributed by atoms with Gasteiger partial charge in [0.25, 0.3) is 0 Å². The van der Waals surface area contributed by atoms with Gasteiger partial charge in [-0.2, -0.15) is 0 Å². The SMILES string of the molecule is CCCC(C)CC(O)c1cc(C)oc1C. The Kier molecular flexibility index (Phi) is 4.40. The van der Waals surface area contributed by atoms with Gasteiger partial charge >= 0.3 is 0 Å². The largest absolute Gasteiger partial charge is 0.466 e.